The summed E-state index contributed by atoms with van der Waals surface area (Å²) in [7, 11) is 1.66. The average molecular weight is 365 g/mol. The summed E-state index contributed by atoms with van der Waals surface area (Å²) in [6, 6.07) is 9.60. The van der Waals surface area contributed by atoms with Crippen LogP contribution in [0, 0.1) is 3.95 Å². The van der Waals surface area contributed by atoms with Crippen molar-refractivity contribution in [2.24, 2.45) is 0 Å². The summed E-state index contributed by atoms with van der Waals surface area (Å²) in [6.07, 6.45) is 2.07. The van der Waals surface area contributed by atoms with Crippen molar-refractivity contribution in [2.75, 3.05) is 19.0 Å². The Morgan fingerprint density at radius 1 is 1.33 bits per heavy atom. The number of hydrogen-bond donors (Lipinski definition) is 3. The summed E-state index contributed by atoms with van der Waals surface area (Å²) in [5.41, 5.74) is 1.21. The van der Waals surface area contributed by atoms with Crippen LogP contribution in [0.3, 0.4) is 0 Å². The molecule has 0 unspecified atom stereocenters. The van der Waals surface area contributed by atoms with Gasteiger partial charge in [-0.2, -0.15) is 0 Å². The second-order valence-electron chi connectivity index (χ2n) is 5.14. The van der Waals surface area contributed by atoms with E-state index in [0.29, 0.717) is 15.5 Å². The number of aromatic amines is 1. The zero-order valence-electron chi connectivity index (χ0n) is 13.2. The zero-order chi connectivity index (χ0) is 17.4. The van der Waals surface area contributed by atoms with Crippen molar-refractivity contribution in [3.63, 3.8) is 0 Å². The normalized spacial score (nSPS) is 10.2. The van der Waals surface area contributed by atoms with E-state index < -0.39 is 6.03 Å². The number of carbonyl (C=O) groups excluding carboxylic acids is 2. The van der Waals surface area contributed by atoms with Crippen molar-refractivity contribution in [1.82, 2.24) is 20.4 Å². The van der Waals surface area contributed by atoms with Crippen LogP contribution in [0.25, 0.3) is 0 Å². The molecule has 0 atom stereocenters. The molecule has 9 heteroatoms. The molecular weight excluding hydrogens is 346 g/mol. The molecule has 2 aromatic rings. The van der Waals surface area contributed by atoms with E-state index in [1.807, 2.05) is 30.3 Å². The molecule has 3 N–H and O–H groups in total. The fourth-order valence-corrected chi connectivity index (χ4v) is 2.77. The SMILES string of the molecule is CN(CNC(=O)Nc1n[nH]c(=S)s1)C(=O)CCCc1ccccc1. The Hall–Kier alpha value is -2.26. The van der Waals surface area contributed by atoms with Crippen LogP contribution in [-0.4, -0.2) is 40.8 Å². The van der Waals surface area contributed by atoms with E-state index in [1.54, 1.807) is 7.05 Å². The van der Waals surface area contributed by atoms with E-state index in [4.69, 9.17) is 12.2 Å². The molecule has 1 aromatic carbocycles. The van der Waals surface area contributed by atoms with Gasteiger partial charge < -0.3 is 10.2 Å². The van der Waals surface area contributed by atoms with Crippen LogP contribution >= 0.6 is 23.6 Å². The topological polar surface area (TPSA) is 90.1 Å². The number of urea groups is 1. The van der Waals surface area contributed by atoms with Gasteiger partial charge in [0.05, 0.1) is 6.67 Å². The van der Waals surface area contributed by atoms with E-state index in [2.05, 4.69) is 20.8 Å². The zero-order valence-corrected chi connectivity index (χ0v) is 14.9. The van der Waals surface area contributed by atoms with Crippen molar-refractivity contribution in [3.8, 4) is 0 Å². The summed E-state index contributed by atoms with van der Waals surface area (Å²) in [4.78, 5) is 25.2. The number of anilines is 1. The van der Waals surface area contributed by atoms with E-state index in [9.17, 15) is 9.59 Å². The molecule has 1 aromatic heterocycles. The van der Waals surface area contributed by atoms with Crippen LogP contribution in [0.4, 0.5) is 9.93 Å². The van der Waals surface area contributed by atoms with Crippen LogP contribution in [0.15, 0.2) is 30.3 Å². The highest BCUT2D eigenvalue weighted by molar-refractivity contribution is 7.73. The number of benzene rings is 1. The molecule has 24 heavy (non-hydrogen) atoms. The van der Waals surface area contributed by atoms with Gasteiger partial charge in [-0.3, -0.25) is 15.2 Å². The van der Waals surface area contributed by atoms with Gasteiger partial charge in [0.2, 0.25) is 11.0 Å². The summed E-state index contributed by atoms with van der Waals surface area (Å²) < 4.78 is 0.482. The molecule has 128 valence electrons. The minimum atomic E-state index is -0.434. The first-order valence-electron chi connectivity index (χ1n) is 7.43. The Balaban J connectivity index is 1.65. The van der Waals surface area contributed by atoms with Gasteiger partial charge in [-0.25, -0.2) is 4.79 Å². The van der Waals surface area contributed by atoms with Gasteiger partial charge in [0.1, 0.15) is 0 Å². The molecule has 0 aliphatic heterocycles. The van der Waals surface area contributed by atoms with E-state index in [1.165, 1.54) is 10.5 Å². The highest BCUT2D eigenvalue weighted by atomic mass is 32.1. The number of aryl methyl sites for hydroxylation is 1. The molecule has 0 saturated carbocycles. The van der Waals surface area contributed by atoms with E-state index in [0.717, 1.165) is 24.2 Å². The number of aromatic nitrogens is 2. The smallest absolute Gasteiger partial charge is 0.322 e. The second kappa shape index (κ2) is 9.14. The number of rotatable bonds is 7. The number of amides is 3. The van der Waals surface area contributed by atoms with Crippen molar-refractivity contribution >= 4 is 40.6 Å². The number of nitrogens with zero attached hydrogens (tertiary/aromatic N) is 2. The Kier molecular flexibility index (Phi) is 6.89. The lowest BCUT2D eigenvalue weighted by Crippen LogP contribution is -2.40. The Morgan fingerprint density at radius 2 is 2.08 bits per heavy atom. The lowest BCUT2D eigenvalue weighted by molar-refractivity contribution is -0.130. The van der Waals surface area contributed by atoms with Gasteiger partial charge in [-0.15, -0.1) is 5.10 Å². The van der Waals surface area contributed by atoms with Crippen molar-refractivity contribution in [2.45, 2.75) is 19.3 Å². The Labute approximate surface area is 149 Å². The van der Waals surface area contributed by atoms with Gasteiger partial charge in [0, 0.05) is 13.5 Å². The van der Waals surface area contributed by atoms with Crippen molar-refractivity contribution in [3.05, 3.63) is 39.8 Å². The second-order valence-corrected chi connectivity index (χ2v) is 6.80. The number of hydrogen-bond acceptors (Lipinski definition) is 5. The average Bonchev–Trinajstić information content (AvgIpc) is 2.98. The summed E-state index contributed by atoms with van der Waals surface area (Å²) in [5.74, 6) is -0.0124. The van der Waals surface area contributed by atoms with Crippen LogP contribution < -0.4 is 10.6 Å². The first-order chi connectivity index (χ1) is 11.5. The Morgan fingerprint density at radius 3 is 2.75 bits per heavy atom. The first kappa shape index (κ1) is 18.1. The van der Waals surface area contributed by atoms with Gasteiger partial charge in [-0.1, -0.05) is 41.7 Å². The summed E-state index contributed by atoms with van der Waals surface area (Å²) in [5, 5.41) is 11.9. The fraction of sp³-hybridized carbons (Fsp3) is 0.333. The third-order valence-corrected chi connectivity index (χ3v) is 4.26. The van der Waals surface area contributed by atoms with E-state index >= 15 is 0 Å². The minimum absolute atomic E-state index is 0.0124. The van der Waals surface area contributed by atoms with Gasteiger partial charge in [0.15, 0.2) is 3.95 Å². The van der Waals surface area contributed by atoms with Crippen LogP contribution in [0.2, 0.25) is 0 Å². The molecule has 3 amide bonds. The van der Waals surface area contributed by atoms with Crippen LogP contribution in [0.1, 0.15) is 18.4 Å². The monoisotopic (exact) mass is 365 g/mol. The largest absolute Gasteiger partial charge is 0.328 e. The minimum Gasteiger partial charge on any atom is -0.328 e. The molecule has 0 aliphatic carbocycles. The quantitative estimate of drug-likeness (QED) is 0.520. The third kappa shape index (κ3) is 6.09. The maximum absolute atomic E-state index is 12.0. The number of carbonyl (C=O) groups is 2. The Bertz CT molecular complexity index is 729. The standard InChI is InChI=1S/C15H19N5O2S2/c1-20(10-16-13(22)17-14-18-19-15(23)24-14)12(21)9-5-8-11-6-3-2-4-7-11/h2-4,6-7H,5,8-10H2,1H3,(H,19,23)(H2,16,17,18,22). The molecule has 0 saturated heterocycles. The van der Waals surface area contributed by atoms with Crippen molar-refractivity contribution < 1.29 is 9.59 Å². The lowest BCUT2D eigenvalue weighted by Gasteiger charge is -2.17. The molecule has 0 fully saturated rings. The van der Waals surface area contributed by atoms with Gasteiger partial charge in [0.25, 0.3) is 0 Å². The highest BCUT2D eigenvalue weighted by Crippen LogP contribution is 2.10. The predicted molar refractivity (Wildman–Crippen MR) is 96.5 cm³/mol. The maximum atomic E-state index is 12.0. The molecule has 2 rings (SSSR count). The predicted octanol–water partition coefficient (Wildman–Crippen LogP) is 2.76. The number of nitrogens with one attached hydrogen (secondary N) is 3. The first-order valence-corrected chi connectivity index (χ1v) is 8.65. The molecule has 7 nitrogen and oxygen atoms in total. The van der Waals surface area contributed by atoms with E-state index in [-0.39, 0.29) is 12.6 Å². The van der Waals surface area contributed by atoms with Gasteiger partial charge >= 0.3 is 6.03 Å². The lowest BCUT2D eigenvalue weighted by atomic mass is 10.1. The highest BCUT2D eigenvalue weighted by Gasteiger charge is 2.10. The third-order valence-electron chi connectivity index (χ3n) is 3.26. The van der Waals surface area contributed by atoms with Crippen LogP contribution in [0.5, 0.6) is 0 Å². The maximum Gasteiger partial charge on any atom is 0.322 e. The molecule has 0 spiro atoms. The van der Waals surface area contributed by atoms with Crippen molar-refractivity contribution in [1.29, 1.82) is 0 Å². The number of H-pyrrole nitrogens is 1. The molecule has 0 bridgehead atoms. The molecule has 0 aliphatic rings. The fourth-order valence-electron chi connectivity index (χ4n) is 1.98. The molecule has 1 heterocycles. The molecule has 0 radical (unpaired) electrons. The molecular formula is C15H19N5O2S2. The summed E-state index contributed by atoms with van der Waals surface area (Å²) >= 11 is 6.04. The van der Waals surface area contributed by atoms with Gasteiger partial charge in [-0.05, 0) is 30.6 Å². The van der Waals surface area contributed by atoms with Crippen LogP contribution in [-0.2, 0) is 11.2 Å². The summed E-state index contributed by atoms with van der Waals surface area (Å²) in [6.45, 7) is 0.131.